The van der Waals surface area contributed by atoms with Crippen LogP contribution in [0.1, 0.15) is 0 Å². The zero-order valence-electron chi connectivity index (χ0n) is 14.6. The fraction of sp³-hybridized carbons (Fsp3) is 0. The van der Waals surface area contributed by atoms with E-state index in [1.54, 1.807) is 0 Å². The molecule has 140 valence electrons. The van der Waals surface area contributed by atoms with Crippen LogP contribution in [-0.2, 0) is 0 Å². The summed E-state index contributed by atoms with van der Waals surface area (Å²) in [4.78, 5) is 13.1. The molecule has 0 bridgehead atoms. The Bertz CT molecular complexity index is 1100. The molecule has 1 aromatic heterocycles. The Morgan fingerprint density at radius 1 is 0.929 bits per heavy atom. The average Bonchev–Trinajstić information content (AvgIpc) is 3.06. The molecule has 0 saturated carbocycles. The Morgan fingerprint density at radius 2 is 1.61 bits per heavy atom. The first kappa shape index (κ1) is 19.8. The first-order chi connectivity index (χ1) is 13.5. The monoisotopic (exact) mass is 438 g/mol. The standard InChI is InChI=1S/C14H10BrN.C6H6BNO4/c15-13-11-8-4-5-9-12(11)16-14(13)10-6-2-1-3-7-10;9-7(10)5-2-1-3-6(4-5)8(11)12/h1-9,16H;1-4,9-10H. The van der Waals surface area contributed by atoms with Crippen molar-refractivity contribution in [3.63, 3.8) is 0 Å². The summed E-state index contributed by atoms with van der Waals surface area (Å²) in [5.41, 5.74) is 3.46. The third-order valence-corrected chi connectivity index (χ3v) is 4.91. The van der Waals surface area contributed by atoms with Crippen LogP contribution >= 0.6 is 15.9 Å². The van der Waals surface area contributed by atoms with E-state index in [1.165, 1.54) is 29.1 Å². The van der Waals surface area contributed by atoms with Crippen LogP contribution in [0.15, 0.2) is 83.3 Å². The molecule has 0 atom stereocenters. The first-order valence-corrected chi connectivity index (χ1v) is 9.19. The number of nitro benzene ring substituents is 1. The lowest BCUT2D eigenvalue weighted by Gasteiger charge is -1.97. The predicted molar refractivity (Wildman–Crippen MR) is 114 cm³/mol. The third-order valence-electron chi connectivity index (χ3n) is 4.08. The van der Waals surface area contributed by atoms with Crippen LogP contribution in [-0.4, -0.2) is 27.1 Å². The fourth-order valence-corrected chi connectivity index (χ4v) is 3.38. The molecular formula is C20H16BBrN2O4. The molecular weight excluding hydrogens is 423 g/mol. The van der Waals surface area contributed by atoms with Gasteiger partial charge in [-0.1, -0.05) is 60.7 Å². The van der Waals surface area contributed by atoms with Gasteiger partial charge in [-0.15, -0.1) is 0 Å². The lowest BCUT2D eigenvalue weighted by molar-refractivity contribution is -0.384. The Balaban J connectivity index is 0.000000169. The van der Waals surface area contributed by atoms with Crippen molar-refractivity contribution in [3.05, 3.63) is 93.4 Å². The van der Waals surface area contributed by atoms with E-state index in [0.717, 1.165) is 21.7 Å². The molecule has 3 N–H and O–H groups in total. The minimum absolute atomic E-state index is 0.115. The van der Waals surface area contributed by atoms with Crippen molar-refractivity contribution in [2.75, 3.05) is 0 Å². The number of hydrogen-bond donors (Lipinski definition) is 3. The number of hydrogen-bond acceptors (Lipinski definition) is 4. The highest BCUT2D eigenvalue weighted by Gasteiger charge is 2.14. The number of nitro groups is 1. The van der Waals surface area contributed by atoms with Gasteiger partial charge in [0.1, 0.15) is 0 Å². The number of halogens is 1. The van der Waals surface area contributed by atoms with Crippen LogP contribution in [0.25, 0.3) is 22.2 Å². The fourth-order valence-electron chi connectivity index (χ4n) is 2.71. The van der Waals surface area contributed by atoms with E-state index < -0.39 is 12.0 Å². The van der Waals surface area contributed by atoms with Gasteiger partial charge in [0.15, 0.2) is 0 Å². The smallest absolute Gasteiger partial charge is 0.423 e. The Hall–Kier alpha value is -2.94. The summed E-state index contributed by atoms with van der Waals surface area (Å²) >= 11 is 3.66. The molecule has 0 spiro atoms. The molecule has 0 saturated heterocycles. The largest absolute Gasteiger partial charge is 0.488 e. The van der Waals surface area contributed by atoms with Crippen LogP contribution in [0.5, 0.6) is 0 Å². The molecule has 0 fully saturated rings. The van der Waals surface area contributed by atoms with Gasteiger partial charge in [0.25, 0.3) is 5.69 Å². The number of para-hydroxylation sites is 1. The average molecular weight is 439 g/mol. The summed E-state index contributed by atoms with van der Waals surface area (Å²) in [6, 6.07) is 23.8. The number of nitrogens with one attached hydrogen (secondary N) is 1. The van der Waals surface area contributed by atoms with Crippen LogP contribution in [0, 0.1) is 10.1 Å². The molecule has 0 aliphatic rings. The number of H-pyrrole nitrogens is 1. The van der Waals surface area contributed by atoms with E-state index in [2.05, 4.69) is 51.2 Å². The lowest BCUT2D eigenvalue weighted by Crippen LogP contribution is -2.29. The predicted octanol–water partition coefficient (Wildman–Crippen LogP) is 3.87. The number of rotatable bonds is 3. The van der Waals surface area contributed by atoms with Crippen LogP contribution in [0.2, 0.25) is 0 Å². The minimum Gasteiger partial charge on any atom is -0.423 e. The van der Waals surface area contributed by atoms with E-state index in [9.17, 15) is 10.1 Å². The van der Waals surface area contributed by atoms with Crippen molar-refractivity contribution in [2.45, 2.75) is 0 Å². The van der Waals surface area contributed by atoms with E-state index in [1.807, 2.05) is 24.3 Å². The van der Waals surface area contributed by atoms with E-state index >= 15 is 0 Å². The third kappa shape index (κ3) is 4.48. The number of non-ortho nitro benzene ring substituents is 1. The topological polar surface area (TPSA) is 99.4 Å². The van der Waals surface area contributed by atoms with E-state index in [-0.39, 0.29) is 11.2 Å². The van der Waals surface area contributed by atoms with Crippen molar-refractivity contribution in [1.29, 1.82) is 0 Å². The quantitative estimate of drug-likeness (QED) is 0.257. The van der Waals surface area contributed by atoms with Gasteiger partial charge in [0.2, 0.25) is 0 Å². The van der Waals surface area contributed by atoms with Crippen LogP contribution < -0.4 is 5.46 Å². The Labute approximate surface area is 169 Å². The second-order valence-electron chi connectivity index (χ2n) is 5.95. The molecule has 0 amide bonds. The molecule has 4 aromatic rings. The summed E-state index contributed by atoms with van der Waals surface area (Å²) in [6.07, 6.45) is 0. The number of aromatic nitrogens is 1. The van der Waals surface area contributed by atoms with E-state index in [4.69, 9.17) is 10.0 Å². The first-order valence-electron chi connectivity index (χ1n) is 8.39. The van der Waals surface area contributed by atoms with Gasteiger partial charge in [0.05, 0.1) is 15.1 Å². The van der Waals surface area contributed by atoms with Crippen molar-refractivity contribution >= 4 is 45.1 Å². The van der Waals surface area contributed by atoms with Gasteiger partial charge >= 0.3 is 7.12 Å². The van der Waals surface area contributed by atoms with Crippen molar-refractivity contribution in [3.8, 4) is 11.3 Å². The van der Waals surface area contributed by atoms with E-state index in [0.29, 0.717) is 0 Å². The number of fused-ring (bicyclic) bond motifs is 1. The van der Waals surface area contributed by atoms with Gasteiger partial charge in [0, 0.05) is 23.0 Å². The van der Waals surface area contributed by atoms with Gasteiger partial charge < -0.3 is 15.0 Å². The summed E-state index contributed by atoms with van der Waals surface area (Å²) in [6.45, 7) is 0. The highest BCUT2D eigenvalue weighted by molar-refractivity contribution is 9.10. The second kappa shape index (κ2) is 8.84. The lowest BCUT2D eigenvalue weighted by atomic mass is 9.80. The van der Waals surface area contributed by atoms with Crippen molar-refractivity contribution in [2.24, 2.45) is 0 Å². The van der Waals surface area contributed by atoms with Crippen molar-refractivity contribution in [1.82, 2.24) is 4.98 Å². The normalized spacial score (nSPS) is 10.2. The van der Waals surface area contributed by atoms with Crippen LogP contribution in [0.3, 0.4) is 0 Å². The molecule has 4 rings (SSSR count). The maximum absolute atomic E-state index is 10.2. The van der Waals surface area contributed by atoms with Crippen LogP contribution in [0.4, 0.5) is 5.69 Å². The molecule has 0 aliphatic heterocycles. The van der Waals surface area contributed by atoms with Gasteiger partial charge in [-0.05, 0) is 33.0 Å². The molecule has 0 unspecified atom stereocenters. The molecule has 6 nitrogen and oxygen atoms in total. The van der Waals surface area contributed by atoms with Gasteiger partial charge in [-0.2, -0.15) is 0 Å². The Morgan fingerprint density at radius 3 is 2.25 bits per heavy atom. The SMILES string of the molecule is Brc1c(-c2ccccc2)[nH]c2ccccc12.O=[N+]([O-])c1cccc(B(O)O)c1. The zero-order chi connectivity index (χ0) is 20.1. The molecule has 28 heavy (non-hydrogen) atoms. The van der Waals surface area contributed by atoms with Gasteiger partial charge in [-0.25, -0.2) is 0 Å². The van der Waals surface area contributed by atoms with Gasteiger partial charge in [-0.3, -0.25) is 10.1 Å². The summed E-state index contributed by atoms with van der Waals surface area (Å²) < 4.78 is 1.13. The summed E-state index contributed by atoms with van der Waals surface area (Å²) in [7, 11) is -1.66. The maximum atomic E-state index is 10.2. The molecule has 3 aromatic carbocycles. The highest BCUT2D eigenvalue weighted by Crippen LogP contribution is 2.34. The molecule has 1 heterocycles. The zero-order valence-corrected chi connectivity index (χ0v) is 16.2. The second-order valence-corrected chi connectivity index (χ2v) is 6.74. The molecule has 8 heteroatoms. The number of benzene rings is 3. The maximum Gasteiger partial charge on any atom is 0.488 e. The summed E-state index contributed by atoms with van der Waals surface area (Å²) in [5.74, 6) is 0. The number of nitrogens with zero attached hydrogens (tertiary/aromatic N) is 1. The number of aromatic amines is 1. The minimum atomic E-state index is -1.66. The Kier molecular flexibility index (Phi) is 6.25. The molecule has 0 radical (unpaired) electrons. The van der Waals surface area contributed by atoms with Crippen molar-refractivity contribution < 1.29 is 15.0 Å². The molecule has 0 aliphatic carbocycles. The highest BCUT2D eigenvalue weighted by atomic mass is 79.9. The summed E-state index contributed by atoms with van der Waals surface area (Å²) in [5, 5.41) is 28.8.